The quantitative estimate of drug-likeness (QED) is 0.724. The molecule has 0 fully saturated rings. The van der Waals surface area contributed by atoms with Crippen LogP contribution in [-0.4, -0.2) is 37.9 Å². The van der Waals surface area contributed by atoms with Crippen molar-refractivity contribution < 1.29 is 20.1 Å². The molecule has 0 amide bonds. The highest BCUT2D eigenvalue weighted by Gasteiger charge is 2.25. The first-order valence-electron chi connectivity index (χ1n) is 6.64. The molecule has 0 spiro atoms. The average molecular weight is 315 g/mol. The first-order chi connectivity index (χ1) is 10.8. The van der Waals surface area contributed by atoms with E-state index in [1.165, 1.54) is 4.52 Å². The Kier molecular flexibility index (Phi) is 4.47. The van der Waals surface area contributed by atoms with Gasteiger partial charge in [0.05, 0.1) is 6.07 Å². The summed E-state index contributed by atoms with van der Waals surface area (Å²) in [6.45, 7) is 6.47. The number of Topliss-reactive ketones (excluding diaryl/α,β-unsaturated/α-hetero) is 1. The summed E-state index contributed by atoms with van der Waals surface area (Å²) in [5.74, 6) is -2.52. The molecule has 118 valence electrons. The molecule has 9 heteroatoms. The average Bonchev–Trinajstić information content (AvgIpc) is 2.89. The standard InChI is InChI=1S/C14H14N6O3/c1-7-4-8(2)20-14(17-7)18-12(19-20)13(22)23-6-11(21)10(5-15)9(3)16/h4,10H,3,6,16H2,1-2H3/p+1/t10-/m0/s1. The van der Waals surface area contributed by atoms with Gasteiger partial charge in [-0.2, -0.15) is 10.2 Å². The predicted molar refractivity (Wildman–Crippen MR) is 76.7 cm³/mol. The normalized spacial score (nSPS) is 11.7. The van der Waals surface area contributed by atoms with Gasteiger partial charge in [0.15, 0.2) is 18.3 Å². The van der Waals surface area contributed by atoms with Gasteiger partial charge in [0.2, 0.25) is 0 Å². The number of carbonyl (C=O) groups excluding carboxylic acids is 2. The van der Waals surface area contributed by atoms with Gasteiger partial charge in [0, 0.05) is 11.4 Å². The molecule has 0 radical (unpaired) electrons. The number of allylic oxidation sites excluding steroid dienone is 1. The highest BCUT2D eigenvalue weighted by Crippen LogP contribution is 2.07. The van der Waals surface area contributed by atoms with Crippen LogP contribution < -0.4 is 5.73 Å². The molecule has 3 N–H and O–H groups in total. The van der Waals surface area contributed by atoms with Crippen LogP contribution in [0, 0.1) is 31.1 Å². The maximum atomic E-state index is 11.9. The first kappa shape index (κ1) is 16.3. The van der Waals surface area contributed by atoms with Gasteiger partial charge in [-0.05, 0) is 26.5 Å². The van der Waals surface area contributed by atoms with Crippen LogP contribution >= 0.6 is 0 Å². The van der Waals surface area contributed by atoms with Gasteiger partial charge in [-0.3, -0.25) is 4.79 Å². The molecule has 9 nitrogen and oxygen atoms in total. The van der Waals surface area contributed by atoms with Crippen LogP contribution in [0.3, 0.4) is 0 Å². The van der Waals surface area contributed by atoms with Crippen molar-refractivity contribution in [3.05, 3.63) is 35.6 Å². The lowest BCUT2D eigenvalue weighted by atomic mass is 10.0. The topological polar surface area (TPSA) is 138 Å². The van der Waals surface area contributed by atoms with Crippen molar-refractivity contribution in [2.75, 3.05) is 6.61 Å². The zero-order valence-corrected chi connectivity index (χ0v) is 12.7. The lowest BCUT2D eigenvalue weighted by Gasteiger charge is -2.04. The Morgan fingerprint density at radius 2 is 2.17 bits per heavy atom. The number of hydrogen-bond donors (Lipinski definition) is 1. The van der Waals surface area contributed by atoms with E-state index in [9.17, 15) is 9.59 Å². The van der Waals surface area contributed by atoms with Crippen molar-refractivity contribution in [3.8, 4) is 6.07 Å². The molecule has 1 atom stereocenters. The molecule has 2 rings (SSSR count). The maximum absolute atomic E-state index is 11.9. The van der Waals surface area contributed by atoms with E-state index in [-0.39, 0.29) is 17.3 Å². The molecule has 2 aromatic heterocycles. The van der Waals surface area contributed by atoms with Crippen LogP contribution in [0.25, 0.3) is 5.78 Å². The minimum absolute atomic E-state index is 0.148. The van der Waals surface area contributed by atoms with Crippen LogP contribution in [0.2, 0.25) is 0 Å². The zero-order chi connectivity index (χ0) is 17.1. The van der Waals surface area contributed by atoms with E-state index in [4.69, 9.17) is 10.00 Å². The van der Waals surface area contributed by atoms with Crippen LogP contribution in [0.15, 0.2) is 18.3 Å². The Hall–Kier alpha value is -3.12. The van der Waals surface area contributed by atoms with Crippen molar-refractivity contribution in [2.24, 2.45) is 5.92 Å². The van der Waals surface area contributed by atoms with Crippen molar-refractivity contribution in [2.45, 2.75) is 13.8 Å². The summed E-state index contributed by atoms with van der Waals surface area (Å²) in [4.78, 5) is 31.8. The van der Waals surface area contributed by atoms with Crippen molar-refractivity contribution >= 4 is 17.5 Å². The monoisotopic (exact) mass is 315 g/mol. The Labute approximate surface area is 131 Å². The minimum atomic E-state index is -1.11. The van der Waals surface area contributed by atoms with E-state index in [0.29, 0.717) is 0 Å². The second-order valence-corrected chi connectivity index (χ2v) is 4.95. The second kappa shape index (κ2) is 6.33. The molecule has 0 unspecified atom stereocenters. The van der Waals surface area contributed by atoms with Crippen molar-refractivity contribution in [1.29, 1.82) is 5.26 Å². The molecule has 0 bridgehead atoms. The summed E-state index contributed by atoms with van der Waals surface area (Å²) in [6.07, 6.45) is 0. The highest BCUT2D eigenvalue weighted by molar-refractivity contribution is 5.91. The summed E-state index contributed by atoms with van der Waals surface area (Å²) in [7, 11) is 0. The largest absolute Gasteiger partial charge is 0.452 e. The number of quaternary nitrogens is 1. The van der Waals surface area contributed by atoms with Crippen molar-refractivity contribution in [1.82, 2.24) is 19.6 Å². The molecule has 2 heterocycles. The third kappa shape index (κ3) is 3.38. The van der Waals surface area contributed by atoms with Crippen LogP contribution in [0.1, 0.15) is 22.0 Å². The van der Waals surface area contributed by atoms with E-state index >= 15 is 0 Å². The summed E-state index contributed by atoms with van der Waals surface area (Å²) in [5, 5.41) is 12.8. The lowest BCUT2D eigenvalue weighted by molar-refractivity contribution is -0.309. The number of fused-ring (bicyclic) bond motifs is 1. The van der Waals surface area contributed by atoms with E-state index < -0.39 is 24.3 Å². The number of nitrogens with zero attached hydrogens (tertiary/aromatic N) is 5. The number of esters is 1. The fourth-order valence-electron chi connectivity index (χ4n) is 1.93. The van der Waals surface area contributed by atoms with Crippen molar-refractivity contribution in [3.63, 3.8) is 0 Å². The van der Waals surface area contributed by atoms with E-state index in [1.54, 1.807) is 26.0 Å². The number of hydrogen-bond acceptors (Lipinski definition) is 7. The SMILES string of the molecule is C=C([NH3+])[C@H](C#N)C(=O)COC(=O)c1nc2nc(C)cc(C)n2n1. The predicted octanol–water partition coefficient (Wildman–Crippen LogP) is -0.638. The van der Waals surface area contributed by atoms with Gasteiger partial charge < -0.3 is 10.5 Å². The van der Waals surface area contributed by atoms with Gasteiger partial charge in [0.25, 0.3) is 11.6 Å². The fraction of sp³-hybridized carbons (Fsp3) is 0.286. The zero-order valence-electron chi connectivity index (χ0n) is 12.7. The van der Waals surface area contributed by atoms with Gasteiger partial charge in [-0.15, -0.1) is 5.10 Å². The van der Waals surface area contributed by atoms with E-state index in [2.05, 4.69) is 27.4 Å². The summed E-state index contributed by atoms with van der Waals surface area (Å²) < 4.78 is 6.25. The van der Waals surface area contributed by atoms with Crippen LogP contribution in [0.4, 0.5) is 0 Å². The Bertz CT molecular complexity index is 848. The van der Waals surface area contributed by atoms with Gasteiger partial charge in [-0.25, -0.2) is 14.3 Å². The molecule has 0 aliphatic rings. The maximum Gasteiger partial charge on any atom is 0.378 e. The fourth-order valence-corrected chi connectivity index (χ4v) is 1.93. The van der Waals surface area contributed by atoms with Gasteiger partial charge in [-0.1, -0.05) is 0 Å². The van der Waals surface area contributed by atoms with Gasteiger partial charge in [0.1, 0.15) is 5.70 Å². The number of nitriles is 1. The Balaban J connectivity index is 2.13. The van der Waals surface area contributed by atoms with E-state index in [1.807, 2.05) is 0 Å². The molecule has 23 heavy (non-hydrogen) atoms. The number of rotatable bonds is 5. The number of aryl methyl sites for hydroxylation is 2. The molecule has 0 aliphatic heterocycles. The van der Waals surface area contributed by atoms with Crippen LogP contribution in [0.5, 0.6) is 0 Å². The lowest BCUT2D eigenvalue weighted by Crippen LogP contribution is -2.51. The molecule has 0 saturated heterocycles. The molecule has 0 aromatic carbocycles. The number of ketones is 1. The third-order valence-electron chi connectivity index (χ3n) is 3.01. The van der Waals surface area contributed by atoms with Gasteiger partial charge >= 0.3 is 5.97 Å². The Morgan fingerprint density at radius 3 is 2.78 bits per heavy atom. The molecule has 0 aliphatic carbocycles. The first-order valence-corrected chi connectivity index (χ1v) is 6.64. The summed E-state index contributed by atoms with van der Waals surface area (Å²) in [5.41, 5.74) is 5.09. The summed E-state index contributed by atoms with van der Waals surface area (Å²) >= 11 is 0. The molecular formula is C14H15N6O3+. The minimum Gasteiger partial charge on any atom is -0.452 e. The highest BCUT2D eigenvalue weighted by atomic mass is 16.5. The molecule has 2 aromatic rings. The smallest absolute Gasteiger partial charge is 0.378 e. The number of aromatic nitrogens is 4. The number of ether oxygens (including phenoxy) is 1. The molecular weight excluding hydrogens is 300 g/mol. The molecule has 0 saturated carbocycles. The Morgan fingerprint density at radius 1 is 1.48 bits per heavy atom. The second-order valence-electron chi connectivity index (χ2n) is 4.95. The number of carbonyl (C=O) groups is 2. The van der Waals surface area contributed by atoms with Crippen LogP contribution in [-0.2, 0) is 9.53 Å². The summed E-state index contributed by atoms with van der Waals surface area (Å²) in [6, 6.07) is 3.54. The third-order valence-corrected chi connectivity index (χ3v) is 3.01. The van der Waals surface area contributed by atoms with E-state index in [0.717, 1.165) is 11.4 Å².